The summed E-state index contributed by atoms with van der Waals surface area (Å²) in [4.78, 5) is 11.6. The Morgan fingerprint density at radius 2 is 1.88 bits per heavy atom. The fourth-order valence-electron chi connectivity index (χ4n) is 1.44. The number of benzene rings is 1. The summed E-state index contributed by atoms with van der Waals surface area (Å²) in [7, 11) is 0. The molecular weight excluding hydrogens is 200 g/mol. The summed E-state index contributed by atoms with van der Waals surface area (Å²) in [6, 6.07) is 7.87. The Morgan fingerprint density at radius 3 is 2.31 bits per heavy atom. The minimum Gasteiger partial charge on any atom is -0.326 e. The van der Waals surface area contributed by atoms with Crippen molar-refractivity contribution in [2.45, 2.75) is 39.2 Å². The lowest BCUT2D eigenvalue weighted by atomic mass is 10.0. The Morgan fingerprint density at radius 1 is 1.31 bits per heavy atom. The molecule has 3 nitrogen and oxygen atoms in total. The molecule has 1 rings (SSSR count). The van der Waals surface area contributed by atoms with E-state index in [0.717, 1.165) is 12.1 Å². The Bertz CT molecular complexity index is 349. The number of carbonyl (C=O) groups is 1. The number of rotatable bonds is 4. The summed E-state index contributed by atoms with van der Waals surface area (Å²) in [6.07, 6.45) is 1.33. The van der Waals surface area contributed by atoms with Crippen molar-refractivity contribution in [2.75, 3.05) is 5.32 Å². The fraction of sp³-hybridized carbons (Fsp3) is 0.462. The van der Waals surface area contributed by atoms with Gasteiger partial charge in [-0.05, 0) is 38.0 Å². The van der Waals surface area contributed by atoms with Gasteiger partial charge in [-0.3, -0.25) is 4.79 Å². The molecule has 3 N–H and O–H groups in total. The highest BCUT2D eigenvalue weighted by Crippen LogP contribution is 2.12. The van der Waals surface area contributed by atoms with Crippen LogP contribution in [0.1, 0.15) is 32.8 Å². The molecule has 0 aliphatic heterocycles. The van der Waals surface area contributed by atoms with Crippen LogP contribution in [0.2, 0.25) is 0 Å². The van der Waals surface area contributed by atoms with Crippen molar-refractivity contribution in [1.29, 1.82) is 0 Å². The molecular formula is C13H20N2O. The number of nitrogens with one attached hydrogen (secondary N) is 1. The monoisotopic (exact) mass is 220 g/mol. The van der Waals surface area contributed by atoms with Gasteiger partial charge in [0.1, 0.15) is 0 Å². The average Bonchev–Trinajstić information content (AvgIpc) is 2.16. The minimum atomic E-state index is -0.465. The van der Waals surface area contributed by atoms with Gasteiger partial charge in [-0.25, -0.2) is 0 Å². The molecule has 88 valence electrons. The lowest BCUT2D eigenvalue weighted by molar-refractivity contribution is -0.117. The van der Waals surface area contributed by atoms with Crippen molar-refractivity contribution in [1.82, 2.24) is 0 Å². The predicted molar refractivity (Wildman–Crippen MR) is 67.3 cm³/mol. The highest BCUT2D eigenvalue weighted by atomic mass is 16.1. The molecule has 0 aliphatic rings. The first-order valence-corrected chi connectivity index (χ1v) is 5.58. The van der Waals surface area contributed by atoms with Crippen LogP contribution in [0.4, 0.5) is 5.69 Å². The van der Waals surface area contributed by atoms with E-state index in [9.17, 15) is 4.79 Å². The third-order valence-corrected chi connectivity index (χ3v) is 2.26. The Kier molecular flexibility index (Phi) is 4.07. The Balaban J connectivity index is 2.56. The maximum absolute atomic E-state index is 11.6. The molecule has 0 saturated carbocycles. The van der Waals surface area contributed by atoms with Crippen molar-refractivity contribution in [3.63, 3.8) is 0 Å². The standard InChI is InChI=1S/C13H20N2O/c1-4-10-5-7-11(8-6-10)15-12(16)9-13(2,3)14/h5-8H,4,9,14H2,1-3H3,(H,15,16). The molecule has 3 heteroatoms. The van der Waals surface area contributed by atoms with E-state index in [0.29, 0.717) is 6.42 Å². The van der Waals surface area contributed by atoms with Crippen LogP contribution in [0, 0.1) is 0 Å². The van der Waals surface area contributed by atoms with Gasteiger partial charge in [-0.15, -0.1) is 0 Å². The van der Waals surface area contributed by atoms with E-state index in [2.05, 4.69) is 12.2 Å². The molecule has 0 unspecified atom stereocenters. The van der Waals surface area contributed by atoms with E-state index in [1.165, 1.54) is 5.56 Å². The van der Waals surface area contributed by atoms with Crippen molar-refractivity contribution >= 4 is 11.6 Å². The van der Waals surface area contributed by atoms with Crippen LogP contribution in [0.15, 0.2) is 24.3 Å². The first-order valence-electron chi connectivity index (χ1n) is 5.58. The summed E-state index contributed by atoms with van der Waals surface area (Å²) >= 11 is 0. The zero-order valence-corrected chi connectivity index (χ0v) is 10.2. The van der Waals surface area contributed by atoms with Gasteiger partial charge in [0.05, 0.1) is 0 Å². The zero-order valence-electron chi connectivity index (χ0n) is 10.2. The maximum Gasteiger partial charge on any atom is 0.226 e. The number of anilines is 1. The largest absolute Gasteiger partial charge is 0.326 e. The van der Waals surface area contributed by atoms with Gasteiger partial charge in [0.15, 0.2) is 0 Å². The van der Waals surface area contributed by atoms with E-state index < -0.39 is 5.54 Å². The van der Waals surface area contributed by atoms with Crippen LogP contribution in [0.25, 0.3) is 0 Å². The van der Waals surface area contributed by atoms with Crippen LogP contribution >= 0.6 is 0 Å². The topological polar surface area (TPSA) is 55.1 Å². The van der Waals surface area contributed by atoms with Gasteiger partial charge < -0.3 is 11.1 Å². The van der Waals surface area contributed by atoms with Gasteiger partial charge >= 0.3 is 0 Å². The molecule has 0 fully saturated rings. The molecule has 0 heterocycles. The molecule has 0 bridgehead atoms. The molecule has 0 aliphatic carbocycles. The molecule has 0 saturated heterocycles. The lowest BCUT2D eigenvalue weighted by Gasteiger charge is -2.17. The third-order valence-electron chi connectivity index (χ3n) is 2.26. The number of carbonyl (C=O) groups excluding carboxylic acids is 1. The zero-order chi connectivity index (χ0) is 12.2. The highest BCUT2D eigenvalue weighted by molar-refractivity contribution is 5.91. The van der Waals surface area contributed by atoms with Crippen molar-refractivity contribution < 1.29 is 4.79 Å². The Hall–Kier alpha value is -1.35. The fourth-order valence-corrected chi connectivity index (χ4v) is 1.44. The molecule has 1 aromatic rings. The second-order valence-electron chi connectivity index (χ2n) is 4.76. The second-order valence-corrected chi connectivity index (χ2v) is 4.76. The molecule has 0 radical (unpaired) electrons. The summed E-state index contributed by atoms with van der Waals surface area (Å²) in [5.41, 5.74) is 7.40. The normalized spacial score (nSPS) is 11.2. The summed E-state index contributed by atoms with van der Waals surface area (Å²) in [5, 5.41) is 2.83. The quantitative estimate of drug-likeness (QED) is 0.818. The second kappa shape index (κ2) is 5.12. The van der Waals surface area contributed by atoms with E-state index >= 15 is 0 Å². The number of amides is 1. The summed E-state index contributed by atoms with van der Waals surface area (Å²) in [6.45, 7) is 5.78. The molecule has 0 aromatic heterocycles. The van der Waals surface area contributed by atoms with Gasteiger partial charge in [0.2, 0.25) is 5.91 Å². The summed E-state index contributed by atoms with van der Waals surface area (Å²) < 4.78 is 0. The average molecular weight is 220 g/mol. The predicted octanol–water partition coefficient (Wildman–Crippen LogP) is 2.31. The van der Waals surface area contributed by atoms with Crippen LogP contribution in [0.3, 0.4) is 0 Å². The maximum atomic E-state index is 11.6. The van der Waals surface area contributed by atoms with Gasteiger partial charge in [0, 0.05) is 17.6 Å². The highest BCUT2D eigenvalue weighted by Gasteiger charge is 2.16. The smallest absolute Gasteiger partial charge is 0.226 e. The van der Waals surface area contributed by atoms with Gasteiger partial charge in [-0.1, -0.05) is 19.1 Å². The van der Waals surface area contributed by atoms with Crippen molar-refractivity contribution in [2.24, 2.45) is 5.73 Å². The first-order chi connectivity index (χ1) is 7.40. The third kappa shape index (κ3) is 4.45. The van der Waals surface area contributed by atoms with E-state index in [-0.39, 0.29) is 5.91 Å². The minimum absolute atomic E-state index is 0.0447. The molecule has 16 heavy (non-hydrogen) atoms. The number of aryl methyl sites for hydroxylation is 1. The van der Waals surface area contributed by atoms with E-state index in [1.807, 2.05) is 38.1 Å². The first kappa shape index (κ1) is 12.7. The van der Waals surface area contributed by atoms with Crippen molar-refractivity contribution in [3.05, 3.63) is 29.8 Å². The van der Waals surface area contributed by atoms with Crippen LogP contribution < -0.4 is 11.1 Å². The molecule has 0 spiro atoms. The number of nitrogens with two attached hydrogens (primary N) is 1. The Labute approximate surface area is 97.0 Å². The van der Waals surface area contributed by atoms with Gasteiger partial charge in [0.25, 0.3) is 0 Å². The van der Waals surface area contributed by atoms with Crippen LogP contribution in [0.5, 0.6) is 0 Å². The summed E-state index contributed by atoms with van der Waals surface area (Å²) in [5.74, 6) is -0.0447. The van der Waals surface area contributed by atoms with Crippen molar-refractivity contribution in [3.8, 4) is 0 Å². The molecule has 1 aromatic carbocycles. The number of hydrogen-bond acceptors (Lipinski definition) is 2. The van der Waals surface area contributed by atoms with E-state index in [1.54, 1.807) is 0 Å². The lowest BCUT2D eigenvalue weighted by Crippen LogP contribution is -2.36. The molecule has 0 atom stereocenters. The molecule has 1 amide bonds. The van der Waals surface area contributed by atoms with Gasteiger partial charge in [-0.2, -0.15) is 0 Å². The van der Waals surface area contributed by atoms with Crippen LogP contribution in [-0.2, 0) is 11.2 Å². The van der Waals surface area contributed by atoms with E-state index in [4.69, 9.17) is 5.73 Å². The SMILES string of the molecule is CCc1ccc(NC(=O)CC(C)(C)N)cc1. The van der Waals surface area contributed by atoms with Crippen LogP contribution in [-0.4, -0.2) is 11.4 Å². The number of hydrogen-bond donors (Lipinski definition) is 2.